The van der Waals surface area contributed by atoms with Crippen molar-refractivity contribution in [2.24, 2.45) is 0 Å². The number of allylic oxidation sites excluding steroid dienone is 1. The predicted molar refractivity (Wildman–Crippen MR) is 55.4 cm³/mol. The van der Waals surface area contributed by atoms with E-state index in [9.17, 15) is 13.9 Å². The second-order valence-electron chi connectivity index (χ2n) is 3.73. The molecule has 1 rings (SSSR count). The van der Waals surface area contributed by atoms with Gasteiger partial charge in [0.15, 0.2) is 0 Å². The van der Waals surface area contributed by atoms with Crippen molar-refractivity contribution < 1.29 is 13.9 Å². The molecule has 1 unspecified atom stereocenters. The summed E-state index contributed by atoms with van der Waals surface area (Å²) in [6, 6.07) is 3.19. The van der Waals surface area contributed by atoms with Crippen LogP contribution in [0.25, 0.3) is 0 Å². The van der Waals surface area contributed by atoms with Gasteiger partial charge in [0.05, 0.1) is 5.60 Å². The molecule has 0 aromatic heterocycles. The Balaban J connectivity index is 2.98. The average molecular weight is 212 g/mol. The Morgan fingerprint density at radius 1 is 1.47 bits per heavy atom. The Bertz CT molecular complexity index is 359. The molecule has 1 aromatic rings. The van der Waals surface area contributed by atoms with Gasteiger partial charge in [0.2, 0.25) is 0 Å². The third-order valence-electron chi connectivity index (χ3n) is 2.35. The summed E-state index contributed by atoms with van der Waals surface area (Å²) >= 11 is 0. The standard InChI is InChI=1S/C12H14F2O/c1-3-4-7-12(2,15)10-6-5-9(13)8-11(10)14/h3,5-6,8,15H,1,4,7H2,2H3. The zero-order valence-electron chi connectivity index (χ0n) is 8.63. The molecular weight excluding hydrogens is 198 g/mol. The molecule has 1 N–H and O–H groups in total. The highest BCUT2D eigenvalue weighted by molar-refractivity contribution is 5.24. The topological polar surface area (TPSA) is 20.2 Å². The van der Waals surface area contributed by atoms with Gasteiger partial charge in [0, 0.05) is 11.6 Å². The van der Waals surface area contributed by atoms with E-state index >= 15 is 0 Å². The highest BCUT2D eigenvalue weighted by Gasteiger charge is 2.25. The number of benzene rings is 1. The van der Waals surface area contributed by atoms with Crippen LogP contribution < -0.4 is 0 Å². The van der Waals surface area contributed by atoms with Crippen molar-refractivity contribution in [2.75, 3.05) is 0 Å². The first-order valence-electron chi connectivity index (χ1n) is 4.76. The van der Waals surface area contributed by atoms with Crippen molar-refractivity contribution in [3.8, 4) is 0 Å². The van der Waals surface area contributed by atoms with Crippen molar-refractivity contribution >= 4 is 0 Å². The minimum Gasteiger partial charge on any atom is -0.385 e. The van der Waals surface area contributed by atoms with Crippen molar-refractivity contribution in [3.05, 3.63) is 48.1 Å². The van der Waals surface area contributed by atoms with Gasteiger partial charge < -0.3 is 5.11 Å². The Morgan fingerprint density at radius 3 is 2.67 bits per heavy atom. The van der Waals surface area contributed by atoms with Crippen LogP contribution in [0, 0.1) is 11.6 Å². The summed E-state index contributed by atoms with van der Waals surface area (Å²) in [5, 5.41) is 9.98. The Morgan fingerprint density at radius 2 is 2.13 bits per heavy atom. The summed E-state index contributed by atoms with van der Waals surface area (Å²) in [6.07, 6.45) is 2.58. The number of hydrogen-bond donors (Lipinski definition) is 1. The number of aliphatic hydroxyl groups is 1. The van der Waals surface area contributed by atoms with E-state index in [1.807, 2.05) is 0 Å². The lowest BCUT2D eigenvalue weighted by Crippen LogP contribution is -2.22. The van der Waals surface area contributed by atoms with Gasteiger partial charge in [-0.3, -0.25) is 0 Å². The first-order valence-corrected chi connectivity index (χ1v) is 4.76. The zero-order valence-corrected chi connectivity index (χ0v) is 8.63. The van der Waals surface area contributed by atoms with Gasteiger partial charge in [-0.15, -0.1) is 6.58 Å². The molecule has 0 aliphatic rings. The molecule has 0 fully saturated rings. The molecule has 0 saturated heterocycles. The number of hydrogen-bond acceptors (Lipinski definition) is 1. The van der Waals surface area contributed by atoms with E-state index in [0.717, 1.165) is 12.1 Å². The van der Waals surface area contributed by atoms with Crippen molar-refractivity contribution in [3.63, 3.8) is 0 Å². The largest absolute Gasteiger partial charge is 0.385 e. The molecular formula is C12H14F2O. The zero-order chi connectivity index (χ0) is 11.5. The van der Waals surface area contributed by atoms with E-state index < -0.39 is 17.2 Å². The van der Waals surface area contributed by atoms with Crippen LogP contribution in [0.15, 0.2) is 30.9 Å². The van der Waals surface area contributed by atoms with Gasteiger partial charge in [-0.1, -0.05) is 12.1 Å². The SMILES string of the molecule is C=CCCC(C)(O)c1ccc(F)cc1F. The van der Waals surface area contributed by atoms with Crippen molar-refractivity contribution in [1.29, 1.82) is 0 Å². The molecule has 3 heteroatoms. The number of rotatable bonds is 4. The van der Waals surface area contributed by atoms with E-state index in [1.165, 1.54) is 13.0 Å². The van der Waals surface area contributed by atoms with Gasteiger partial charge in [-0.25, -0.2) is 8.78 Å². The number of halogens is 2. The quantitative estimate of drug-likeness (QED) is 0.760. The maximum absolute atomic E-state index is 13.3. The molecule has 0 heterocycles. The first-order chi connectivity index (χ1) is 6.97. The van der Waals surface area contributed by atoms with Crippen LogP contribution in [0.1, 0.15) is 25.3 Å². The molecule has 0 bridgehead atoms. The van der Waals surface area contributed by atoms with E-state index in [2.05, 4.69) is 6.58 Å². The van der Waals surface area contributed by atoms with E-state index in [1.54, 1.807) is 6.08 Å². The molecule has 0 saturated carbocycles. The van der Waals surface area contributed by atoms with E-state index in [4.69, 9.17) is 0 Å². The lowest BCUT2D eigenvalue weighted by molar-refractivity contribution is 0.0450. The van der Waals surface area contributed by atoms with Crippen LogP contribution in [0.5, 0.6) is 0 Å². The summed E-state index contributed by atoms with van der Waals surface area (Å²) < 4.78 is 26.0. The average Bonchev–Trinajstić information content (AvgIpc) is 2.14. The highest BCUT2D eigenvalue weighted by Crippen LogP contribution is 2.28. The lowest BCUT2D eigenvalue weighted by Gasteiger charge is -2.23. The predicted octanol–water partition coefficient (Wildman–Crippen LogP) is 3.14. The third-order valence-corrected chi connectivity index (χ3v) is 2.35. The fourth-order valence-electron chi connectivity index (χ4n) is 1.44. The molecule has 0 amide bonds. The molecule has 1 nitrogen and oxygen atoms in total. The van der Waals surface area contributed by atoms with Crippen LogP contribution in [0.3, 0.4) is 0 Å². The second kappa shape index (κ2) is 4.53. The Kier molecular flexibility index (Phi) is 3.58. The minimum atomic E-state index is -1.29. The van der Waals surface area contributed by atoms with Gasteiger partial charge >= 0.3 is 0 Å². The smallest absolute Gasteiger partial charge is 0.132 e. The highest BCUT2D eigenvalue weighted by atomic mass is 19.1. The fraction of sp³-hybridized carbons (Fsp3) is 0.333. The van der Waals surface area contributed by atoms with Crippen LogP contribution in [0.2, 0.25) is 0 Å². The first kappa shape index (κ1) is 11.9. The van der Waals surface area contributed by atoms with Gasteiger partial charge in [0.1, 0.15) is 11.6 Å². The monoisotopic (exact) mass is 212 g/mol. The summed E-state index contributed by atoms with van der Waals surface area (Å²) in [6.45, 7) is 5.04. The fourth-order valence-corrected chi connectivity index (χ4v) is 1.44. The Hall–Kier alpha value is -1.22. The van der Waals surface area contributed by atoms with Crippen LogP contribution in [-0.4, -0.2) is 5.11 Å². The van der Waals surface area contributed by atoms with Crippen LogP contribution in [-0.2, 0) is 5.60 Å². The maximum Gasteiger partial charge on any atom is 0.132 e. The van der Waals surface area contributed by atoms with Crippen LogP contribution in [0.4, 0.5) is 8.78 Å². The molecule has 15 heavy (non-hydrogen) atoms. The molecule has 0 spiro atoms. The summed E-state index contributed by atoms with van der Waals surface area (Å²) in [4.78, 5) is 0. The molecule has 0 aliphatic carbocycles. The molecule has 1 atom stereocenters. The van der Waals surface area contributed by atoms with Gasteiger partial charge in [0.25, 0.3) is 0 Å². The lowest BCUT2D eigenvalue weighted by atomic mass is 9.91. The van der Waals surface area contributed by atoms with Crippen molar-refractivity contribution in [1.82, 2.24) is 0 Å². The third kappa shape index (κ3) is 2.86. The van der Waals surface area contributed by atoms with E-state index in [-0.39, 0.29) is 5.56 Å². The maximum atomic E-state index is 13.3. The van der Waals surface area contributed by atoms with Gasteiger partial charge in [-0.2, -0.15) is 0 Å². The molecule has 0 aliphatic heterocycles. The summed E-state index contributed by atoms with van der Waals surface area (Å²) in [7, 11) is 0. The Labute approximate surface area is 88.1 Å². The molecule has 1 aromatic carbocycles. The normalized spacial score (nSPS) is 14.7. The van der Waals surface area contributed by atoms with Crippen molar-refractivity contribution in [2.45, 2.75) is 25.4 Å². The summed E-state index contributed by atoms with van der Waals surface area (Å²) in [5.74, 6) is -1.36. The van der Waals surface area contributed by atoms with Crippen LogP contribution >= 0.6 is 0 Å². The second-order valence-corrected chi connectivity index (χ2v) is 3.73. The summed E-state index contributed by atoms with van der Waals surface area (Å²) in [5.41, 5.74) is -1.17. The van der Waals surface area contributed by atoms with E-state index in [0.29, 0.717) is 12.8 Å². The minimum absolute atomic E-state index is 0.116. The molecule has 82 valence electrons. The molecule has 0 radical (unpaired) electrons. The van der Waals surface area contributed by atoms with Gasteiger partial charge in [-0.05, 0) is 25.8 Å².